The third-order valence-corrected chi connectivity index (χ3v) is 3.80. The Morgan fingerprint density at radius 3 is 2.71 bits per heavy atom. The van der Waals surface area contributed by atoms with Crippen LogP contribution >= 0.6 is 0 Å². The maximum Gasteiger partial charge on any atom is 0.414 e. The summed E-state index contributed by atoms with van der Waals surface area (Å²) in [4.78, 5) is 13.2. The largest absolute Gasteiger partial charge is 0.496 e. The minimum atomic E-state index is -0.282. The van der Waals surface area contributed by atoms with Crippen molar-refractivity contribution in [1.29, 1.82) is 0 Å². The van der Waals surface area contributed by atoms with Crippen molar-refractivity contribution in [1.82, 2.24) is 0 Å². The summed E-state index contributed by atoms with van der Waals surface area (Å²) in [6, 6.07) is 15.6. The summed E-state index contributed by atoms with van der Waals surface area (Å²) < 4.78 is 10.3. The fourth-order valence-electron chi connectivity index (χ4n) is 2.55. The van der Waals surface area contributed by atoms with Crippen LogP contribution in [0.5, 0.6) is 5.75 Å². The van der Waals surface area contributed by atoms with E-state index >= 15 is 0 Å². The molecule has 1 saturated heterocycles. The lowest BCUT2D eigenvalue weighted by Gasteiger charge is -2.13. The normalized spacial score (nSPS) is 14.0. The number of carbonyl (C=O) groups is 1. The Balaban J connectivity index is 1.55. The van der Waals surface area contributed by atoms with E-state index in [2.05, 4.69) is 5.32 Å². The highest BCUT2D eigenvalue weighted by molar-refractivity contribution is 5.89. The van der Waals surface area contributed by atoms with E-state index in [0.29, 0.717) is 19.7 Å². The van der Waals surface area contributed by atoms with E-state index in [0.717, 1.165) is 22.7 Å². The maximum absolute atomic E-state index is 11.5. The number of cyclic esters (lactones) is 1. The fraction of sp³-hybridized carbons (Fsp3) is 0.211. The summed E-state index contributed by atoms with van der Waals surface area (Å²) in [5, 5.41) is 3.32. The topological polar surface area (TPSA) is 50.8 Å². The van der Waals surface area contributed by atoms with Gasteiger partial charge in [0.1, 0.15) is 12.4 Å². The molecule has 0 aliphatic carbocycles. The van der Waals surface area contributed by atoms with Crippen LogP contribution in [0.25, 0.3) is 6.08 Å². The summed E-state index contributed by atoms with van der Waals surface area (Å²) >= 11 is 0. The highest BCUT2D eigenvalue weighted by Gasteiger charge is 2.23. The van der Waals surface area contributed by atoms with Crippen molar-refractivity contribution in [3.63, 3.8) is 0 Å². The van der Waals surface area contributed by atoms with Crippen molar-refractivity contribution >= 4 is 23.5 Å². The molecule has 2 aromatic rings. The minimum absolute atomic E-state index is 0.282. The Bertz CT molecular complexity index is 726. The Morgan fingerprint density at radius 1 is 1.21 bits per heavy atom. The molecule has 0 spiro atoms. The van der Waals surface area contributed by atoms with Crippen molar-refractivity contribution in [3.05, 3.63) is 60.2 Å². The molecule has 5 heteroatoms. The third-order valence-electron chi connectivity index (χ3n) is 3.80. The van der Waals surface area contributed by atoms with E-state index in [1.54, 1.807) is 12.0 Å². The number of rotatable bonds is 6. The number of para-hydroxylation sites is 1. The first-order valence-corrected chi connectivity index (χ1v) is 7.86. The summed E-state index contributed by atoms with van der Waals surface area (Å²) in [6.45, 7) is 1.75. The molecule has 0 bridgehead atoms. The monoisotopic (exact) mass is 324 g/mol. The zero-order chi connectivity index (χ0) is 16.8. The molecular formula is C19H20N2O3. The van der Waals surface area contributed by atoms with Gasteiger partial charge in [-0.3, -0.25) is 4.90 Å². The van der Waals surface area contributed by atoms with Crippen molar-refractivity contribution in [2.45, 2.75) is 0 Å². The van der Waals surface area contributed by atoms with Gasteiger partial charge in [-0.2, -0.15) is 0 Å². The second kappa shape index (κ2) is 7.55. The average molecular weight is 324 g/mol. The molecule has 1 aliphatic heterocycles. The second-order valence-corrected chi connectivity index (χ2v) is 5.34. The number of carbonyl (C=O) groups excluding carboxylic acids is 1. The molecule has 1 heterocycles. The van der Waals surface area contributed by atoms with Crippen LogP contribution in [-0.2, 0) is 4.74 Å². The molecule has 1 aliphatic rings. The molecule has 3 rings (SSSR count). The van der Waals surface area contributed by atoms with Crippen molar-refractivity contribution in [2.24, 2.45) is 0 Å². The van der Waals surface area contributed by atoms with Crippen molar-refractivity contribution in [2.75, 3.05) is 37.0 Å². The van der Waals surface area contributed by atoms with Gasteiger partial charge in [-0.05, 0) is 30.3 Å². The summed E-state index contributed by atoms with van der Waals surface area (Å²) in [7, 11) is 1.67. The smallest absolute Gasteiger partial charge is 0.414 e. The van der Waals surface area contributed by atoms with E-state index < -0.39 is 0 Å². The van der Waals surface area contributed by atoms with Gasteiger partial charge in [0.15, 0.2) is 0 Å². The lowest BCUT2D eigenvalue weighted by Crippen LogP contribution is -2.23. The number of nitrogens with zero attached hydrogens (tertiary/aromatic N) is 1. The number of nitrogens with one attached hydrogen (secondary N) is 1. The molecule has 1 N–H and O–H groups in total. The third kappa shape index (κ3) is 3.68. The number of benzene rings is 2. The maximum atomic E-state index is 11.5. The van der Waals surface area contributed by atoms with Crippen LogP contribution in [0.15, 0.2) is 54.6 Å². The number of hydrogen-bond acceptors (Lipinski definition) is 4. The highest BCUT2D eigenvalue weighted by atomic mass is 16.6. The molecule has 24 heavy (non-hydrogen) atoms. The van der Waals surface area contributed by atoms with Crippen LogP contribution in [0.1, 0.15) is 5.56 Å². The van der Waals surface area contributed by atoms with Gasteiger partial charge in [0.05, 0.1) is 13.7 Å². The average Bonchev–Trinajstić information content (AvgIpc) is 3.05. The summed E-state index contributed by atoms with van der Waals surface area (Å²) in [6.07, 6.45) is 3.79. The molecule has 0 aromatic heterocycles. The van der Waals surface area contributed by atoms with Gasteiger partial charge in [0, 0.05) is 23.5 Å². The molecule has 0 unspecified atom stereocenters. The van der Waals surface area contributed by atoms with Gasteiger partial charge in [-0.1, -0.05) is 30.4 Å². The quantitative estimate of drug-likeness (QED) is 0.878. The molecule has 0 saturated carbocycles. The van der Waals surface area contributed by atoms with E-state index in [1.807, 2.05) is 60.7 Å². The number of amides is 1. The minimum Gasteiger partial charge on any atom is -0.496 e. The highest BCUT2D eigenvalue weighted by Crippen LogP contribution is 2.21. The van der Waals surface area contributed by atoms with E-state index in [-0.39, 0.29) is 6.09 Å². The molecule has 5 nitrogen and oxygen atoms in total. The van der Waals surface area contributed by atoms with E-state index in [1.165, 1.54) is 0 Å². The second-order valence-electron chi connectivity index (χ2n) is 5.34. The molecule has 0 radical (unpaired) electrons. The SMILES string of the molecule is COc1ccccc1C=CCNc1ccc(N2CCOC2=O)cc1. The Kier molecular flexibility index (Phi) is 5.01. The van der Waals surface area contributed by atoms with Gasteiger partial charge in [-0.15, -0.1) is 0 Å². The lowest BCUT2D eigenvalue weighted by atomic mass is 10.2. The molecule has 1 amide bonds. The van der Waals surface area contributed by atoms with Crippen molar-refractivity contribution in [3.8, 4) is 5.75 Å². The molecule has 2 aromatic carbocycles. The molecule has 0 atom stereocenters. The van der Waals surface area contributed by atoms with Crippen LogP contribution < -0.4 is 15.0 Å². The number of anilines is 2. The van der Waals surface area contributed by atoms with Gasteiger partial charge in [-0.25, -0.2) is 4.79 Å². The first kappa shape index (κ1) is 15.9. The first-order chi connectivity index (χ1) is 11.8. The van der Waals surface area contributed by atoms with Crippen LogP contribution in [0.2, 0.25) is 0 Å². The number of ether oxygens (including phenoxy) is 2. The number of hydrogen-bond donors (Lipinski definition) is 1. The lowest BCUT2D eigenvalue weighted by molar-refractivity contribution is 0.181. The molecular weight excluding hydrogens is 304 g/mol. The zero-order valence-corrected chi connectivity index (χ0v) is 13.6. The van der Waals surface area contributed by atoms with Crippen LogP contribution in [-0.4, -0.2) is 32.9 Å². The van der Waals surface area contributed by atoms with Gasteiger partial charge in [0.25, 0.3) is 0 Å². The standard InChI is InChI=1S/C19H20N2O3/c1-23-18-7-3-2-5-15(18)6-4-12-20-16-8-10-17(11-9-16)21-13-14-24-19(21)22/h2-11,20H,12-14H2,1H3. The van der Waals surface area contributed by atoms with Crippen LogP contribution in [0, 0.1) is 0 Å². The molecule has 1 fully saturated rings. The number of methoxy groups -OCH3 is 1. The summed E-state index contributed by atoms with van der Waals surface area (Å²) in [5.74, 6) is 0.857. The predicted octanol–water partition coefficient (Wildman–Crippen LogP) is 3.78. The van der Waals surface area contributed by atoms with Crippen LogP contribution in [0.4, 0.5) is 16.2 Å². The Morgan fingerprint density at radius 2 is 2.00 bits per heavy atom. The molecule has 124 valence electrons. The van der Waals surface area contributed by atoms with E-state index in [9.17, 15) is 4.79 Å². The van der Waals surface area contributed by atoms with Crippen molar-refractivity contribution < 1.29 is 14.3 Å². The Labute approximate surface area is 141 Å². The van der Waals surface area contributed by atoms with Gasteiger partial charge < -0.3 is 14.8 Å². The first-order valence-electron chi connectivity index (χ1n) is 7.86. The van der Waals surface area contributed by atoms with Gasteiger partial charge >= 0.3 is 6.09 Å². The van der Waals surface area contributed by atoms with Crippen LogP contribution in [0.3, 0.4) is 0 Å². The Hall–Kier alpha value is -2.95. The van der Waals surface area contributed by atoms with E-state index in [4.69, 9.17) is 9.47 Å². The van der Waals surface area contributed by atoms with Gasteiger partial charge in [0.2, 0.25) is 0 Å². The predicted molar refractivity (Wildman–Crippen MR) is 95.7 cm³/mol. The zero-order valence-electron chi connectivity index (χ0n) is 13.6. The summed E-state index contributed by atoms with van der Waals surface area (Å²) in [5.41, 5.74) is 2.90. The fourth-order valence-corrected chi connectivity index (χ4v) is 2.55.